The van der Waals surface area contributed by atoms with Gasteiger partial charge in [-0.1, -0.05) is 12.1 Å². The van der Waals surface area contributed by atoms with Crippen molar-refractivity contribution in [1.29, 1.82) is 5.26 Å². The minimum atomic E-state index is -0.668. The fourth-order valence-electron chi connectivity index (χ4n) is 1.35. The van der Waals surface area contributed by atoms with Crippen LogP contribution in [0.5, 0.6) is 0 Å². The van der Waals surface area contributed by atoms with Crippen LogP contribution in [0.15, 0.2) is 42.0 Å². The molecule has 2 rings (SSSR count). The van der Waals surface area contributed by atoms with Gasteiger partial charge in [0.1, 0.15) is 6.04 Å². The molecule has 1 unspecified atom stereocenters. The van der Waals surface area contributed by atoms with Gasteiger partial charge in [-0.05, 0) is 17.5 Å². The molecule has 0 spiro atoms. The number of rotatable bonds is 3. The lowest BCUT2D eigenvalue weighted by Crippen LogP contribution is -2.26. The molecule has 0 aliphatic rings. The highest BCUT2D eigenvalue weighted by molar-refractivity contribution is 7.12. The highest BCUT2D eigenvalue weighted by Gasteiger charge is 2.15. The van der Waals surface area contributed by atoms with Crippen LogP contribution in [0.1, 0.15) is 21.3 Å². The quantitative estimate of drug-likeness (QED) is 0.898. The van der Waals surface area contributed by atoms with E-state index >= 15 is 0 Å². The first-order chi connectivity index (χ1) is 8.31. The third-order valence-corrected chi connectivity index (χ3v) is 3.04. The summed E-state index contributed by atoms with van der Waals surface area (Å²) in [5.41, 5.74) is 0.680. The molecular weight excluding hydrogens is 234 g/mol. The van der Waals surface area contributed by atoms with Gasteiger partial charge in [0.2, 0.25) is 0 Å². The highest BCUT2D eigenvalue weighted by atomic mass is 32.1. The maximum Gasteiger partial charge on any atom is 0.262 e. The van der Waals surface area contributed by atoms with Crippen molar-refractivity contribution in [2.24, 2.45) is 0 Å². The first-order valence-electron chi connectivity index (χ1n) is 4.95. The van der Waals surface area contributed by atoms with E-state index in [4.69, 9.17) is 5.26 Å². The summed E-state index contributed by atoms with van der Waals surface area (Å²) in [6, 6.07) is 8.38. The fraction of sp³-hybridized carbons (Fsp3) is 0.0833. The smallest absolute Gasteiger partial charge is 0.262 e. The molecule has 0 aliphatic carbocycles. The van der Waals surface area contributed by atoms with Gasteiger partial charge in [-0.3, -0.25) is 9.78 Å². The van der Waals surface area contributed by atoms with Gasteiger partial charge >= 0.3 is 0 Å². The Morgan fingerprint density at radius 2 is 2.35 bits per heavy atom. The molecule has 0 bridgehead atoms. The Morgan fingerprint density at radius 1 is 1.47 bits per heavy atom. The molecule has 0 saturated heterocycles. The van der Waals surface area contributed by atoms with Gasteiger partial charge in [0.15, 0.2) is 0 Å². The number of nitriles is 1. The first-order valence-corrected chi connectivity index (χ1v) is 5.83. The third-order valence-electron chi connectivity index (χ3n) is 2.17. The van der Waals surface area contributed by atoms with Crippen LogP contribution in [-0.2, 0) is 0 Å². The van der Waals surface area contributed by atoms with Crippen molar-refractivity contribution in [2.75, 3.05) is 0 Å². The molecule has 0 saturated carbocycles. The number of carbonyl (C=O) groups is 1. The van der Waals surface area contributed by atoms with E-state index in [0.717, 1.165) is 0 Å². The number of hydrogen-bond acceptors (Lipinski definition) is 4. The van der Waals surface area contributed by atoms with Crippen LogP contribution in [0.3, 0.4) is 0 Å². The standard InChI is InChI=1S/C12H9N3OS/c13-7-10(9-3-1-5-14-8-9)15-12(16)11-4-2-6-17-11/h1-6,8,10H,(H,15,16). The molecule has 5 heteroatoms. The van der Waals surface area contributed by atoms with E-state index in [1.54, 1.807) is 36.7 Å². The molecule has 2 heterocycles. The van der Waals surface area contributed by atoms with Crippen molar-refractivity contribution < 1.29 is 4.79 Å². The Kier molecular flexibility index (Phi) is 3.48. The Morgan fingerprint density at radius 3 is 2.94 bits per heavy atom. The van der Waals surface area contributed by atoms with Crippen LogP contribution >= 0.6 is 11.3 Å². The molecule has 17 heavy (non-hydrogen) atoms. The zero-order valence-electron chi connectivity index (χ0n) is 8.83. The van der Waals surface area contributed by atoms with E-state index in [2.05, 4.69) is 10.3 Å². The van der Waals surface area contributed by atoms with E-state index in [0.29, 0.717) is 10.4 Å². The predicted octanol–water partition coefficient (Wildman–Crippen LogP) is 2.14. The zero-order chi connectivity index (χ0) is 12.1. The van der Waals surface area contributed by atoms with Crippen LogP contribution in [0.2, 0.25) is 0 Å². The average Bonchev–Trinajstić information content (AvgIpc) is 2.90. The van der Waals surface area contributed by atoms with Crippen molar-refractivity contribution in [2.45, 2.75) is 6.04 Å². The van der Waals surface area contributed by atoms with Crippen molar-refractivity contribution in [1.82, 2.24) is 10.3 Å². The summed E-state index contributed by atoms with van der Waals surface area (Å²) < 4.78 is 0. The van der Waals surface area contributed by atoms with Crippen LogP contribution in [0.25, 0.3) is 0 Å². The number of hydrogen-bond donors (Lipinski definition) is 1. The summed E-state index contributed by atoms with van der Waals surface area (Å²) in [6.45, 7) is 0. The molecule has 0 radical (unpaired) electrons. The Bertz CT molecular complexity index is 531. The summed E-state index contributed by atoms with van der Waals surface area (Å²) in [6.07, 6.45) is 3.20. The molecule has 0 aliphatic heterocycles. The van der Waals surface area contributed by atoms with Crippen molar-refractivity contribution >= 4 is 17.2 Å². The van der Waals surface area contributed by atoms with Gasteiger partial charge < -0.3 is 5.32 Å². The summed E-state index contributed by atoms with van der Waals surface area (Å²) in [5, 5.41) is 13.5. The van der Waals surface area contributed by atoms with Gasteiger partial charge in [0.05, 0.1) is 10.9 Å². The molecule has 1 atom stereocenters. The summed E-state index contributed by atoms with van der Waals surface area (Å²) >= 11 is 1.34. The molecule has 4 nitrogen and oxygen atoms in total. The monoisotopic (exact) mass is 243 g/mol. The van der Waals surface area contributed by atoms with Crippen molar-refractivity contribution in [3.63, 3.8) is 0 Å². The number of pyridine rings is 1. The summed E-state index contributed by atoms with van der Waals surface area (Å²) in [4.78, 5) is 16.3. The molecule has 84 valence electrons. The van der Waals surface area contributed by atoms with E-state index in [9.17, 15) is 4.79 Å². The van der Waals surface area contributed by atoms with Crippen molar-refractivity contribution in [3.05, 3.63) is 52.5 Å². The number of aromatic nitrogens is 1. The van der Waals surface area contributed by atoms with Crippen molar-refractivity contribution in [3.8, 4) is 6.07 Å². The van der Waals surface area contributed by atoms with Gasteiger partial charge in [0, 0.05) is 18.0 Å². The number of amides is 1. The van der Waals surface area contributed by atoms with E-state index in [1.807, 2.05) is 11.4 Å². The second-order valence-corrected chi connectivity index (χ2v) is 4.25. The summed E-state index contributed by atoms with van der Waals surface area (Å²) in [7, 11) is 0. The second kappa shape index (κ2) is 5.23. The van der Waals surface area contributed by atoms with Gasteiger partial charge in [-0.15, -0.1) is 11.3 Å². The number of thiophene rings is 1. The molecule has 0 aromatic carbocycles. The minimum Gasteiger partial charge on any atom is -0.332 e. The van der Waals surface area contributed by atoms with E-state index in [1.165, 1.54) is 11.3 Å². The summed E-state index contributed by atoms with van der Waals surface area (Å²) in [5.74, 6) is -0.240. The predicted molar refractivity (Wildman–Crippen MR) is 64.4 cm³/mol. The van der Waals surface area contributed by atoms with Crippen LogP contribution in [0.4, 0.5) is 0 Å². The molecule has 1 N–H and O–H groups in total. The van der Waals surface area contributed by atoms with Gasteiger partial charge in [-0.25, -0.2) is 0 Å². The maximum absolute atomic E-state index is 11.8. The lowest BCUT2D eigenvalue weighted by atomic mass is 10.1. The Balaban J connectivity index is 2.12. The number of nitrogens with one attached hydrogen (secondary N) is 1. The highest BCUT2D eigenvalue weighted by Crippen LogP contribution is 2.13. The first kappa shape index (κ1) is 11.3. The Hall–Kier alpha value is -2.19. The second-order valence-electron chi connectivity index (χ2n) is 3.30. The Labute approximate surface area is 103 Å². The lowest BCUT2D eigenvalue weighted by Gasteiger charge is -2.10. The SMILES string of the molecule is N#CC(NC(=O)c1cccs1)c1cccnc1. The largest absolute Gasteiger partial charge is 0.332 e. The van der Waals surface area contributed by atoms with Gasteiger partial charge in [0.25, 0.3) is 5.91 Å². The average molecular weight is 243 g/mol. The zero-order valence-corrected chi connectivity index (χ0v) is 9.65. The molecule has 2 aromatic heterocycles. The molecule has 2 aromatic rings. The van der Waals surface area contributed by atoms with E-state index < -0.39 is 6.04 Å². The normalized spacial score (nSPS) is 11.5. The number of nitrogens with zero attached hydrogens (tertiary/aromatic N) is 2. The molecule has 1 amide bonds. The lowest BCUT2D eigenvalue weighted by molar-refractivity contribution is 0.0949. The van der Waals surface area contributed by atoms with Gasteiger partial charge in [-0.2, -0.15) is 5.26 Å². The van der Waals surface area contributed by atoms with E-state index in [-0.39, 0.29) is 5.91 Å². The minimum absolute atomic E-state index is 0.240. The molecule has 0 fully saturated rings. The maximum atomic E-state index is 11.8. The third kappa shape index (κ3) is 2.68. The topological polar surface area (TPSA) is 65.8 Å². The fourth-order valence-corrected chi connectivity index (χ4v) is 1.97. The van der Waals surface area contributed by atoms with Crippen LogP contribution in [0, 0.1) is 11.3 Å². The molecular formula is C12H9N3OS. The van der Waals surface area contributed by atoms with Crippen LogP contribution in [-0.4, -0.2) is 10.9 Å². The van der Waals surface area contributed by atoms with Crippen LogP contribution < -0.4 is 5.32 Å². The number of carbonyl (C=O) groups excluding carboxylic acids is 1.